The van der Waals surface area contributed by atoms with Gasteiger partial charge in [-0.15, -0.1) is 0 Å². The molecule has 38 heavy (non-hydrogen) atoms. The van der Waals surface area contributed by atoms with Gasteiger partial charge in [-0.25, -0.2) is 0 Å². The van der Waals surface area contributed by atoms with Gasteiger partial charge in [-0.3, -0.25) is 0 Å². The molecule has 6 aromatic carbocycles. The van der Waals surface area contributed by atoms with E-state index >= 15 is 0 Å². The Balaban J connectivity index is 1.95. The van der Waals surface area contributed by atoms with Gasteiger partial charge in [0.2, 0.25) is 0 Å². The van der Waals surface area contributed by atoms with Gasteiger partial charge in [0.15, 0.2) is 0 Å². The molecule has 0 bridgehead atoms. The molecule has 186 valence electrons. The lowest BCUT2D eigenvalue weighted by molar-refractivity contribution is 0.449. The van der Waals surface area contributed by atoms with Crippen LogP contribution >= 0.6 is 15.9 Å². The molecule has 6 aromatic rings. The summed E-state index contributed by atoms with van der Waals surface area (Å²) < 4.78 is 0.820. The van der Waals surface area contributed by atoms with Gasteiger partial charge < -0.3 is 20.4 Å². The molecule has 0 fully saturated rings. The van der Waals surface area contributed by atoms with Crippen molar-refractivity contribution in [2.24, 2.45) is 0 Å². The maximum atomic E-state index is 11.7. The van der Waals surface area contributed by atoms with Crippen LogP contribution in [0.1, 0.15) is 22.3 Å². The van der Waals surface area contributed by atoms with Crippen LogP contribution in [0, 0.1) is 0 Å². The summed E-state index contributed by atoms with van der Waals surface area (Å²) in [5.74, 6) is 0.118. The molecule has 0 spiro atoms. The predicted octanol–water partition coefficient (Wildman–Crippen LogP) is 7.96. The lowest BCUT2D eigenvalue weighted by Crippen LogP contribution is -2.32. The third-order valence-electron chi connectivity index (χ3n) is 7.18. The van der Waals surface area contributed by atoms with Crippen molar-refractivity contribution in [3.63, 3.8) is 0 Å². The maximum absolute atomic E-state index is 11.7. The first-order chi connectivity index (χ1) is 18.4. The van der Waals surface area contributed by atoms with E-state index in [1.807, 2.05) is 54.6 Å². The van der Waals surface area contributed by atoms with Gasteiger partial charge in [0, 0.05) is 15.6 Å². The third-order valence-corrected chi connectivity index (χ3v) is 7.67. The highest BCUT2D eigenvalue weighted by Crippen LogP contribution is 2.55. The number of halogens is 1. The highest BCUT2D eigenvalue weighted by molar-refractivity contribution is 9.10. The average Bonchev–Trinajstić information content (AvgIpc) is 2.91. The lowest BCUT2D eigenvalue weighted by Gasteiger charge is -2.39. The van der Waals surface area contributed by atoms with Gasteiger partial charge in [0.25, 0.3) is 0 Å². The SMILES string of the molecule is Oc1ccc2ccc(O)c(C(c3ccccc3)(c3cccc(Br)c3)c3c(O)ccc4ccc(O)cc34)c2c1. The van der Waals surface area contributed by atoms with Gasteiger partial charge in [-0.1, -0.05) is 82.7 Å². The fraction of sp³-hybridized carbons (Fsp3) is 0.0303. The summed E-state index contributed by atoms with van der Waals surface area (Å²) in [7, 11) is 0. The van der Waals surface area contributed by atoms with Gasteiger partial charge >= 0.3 is 0 Å². The van der Waals surface area contributed by atoms with Crippen LogP contribution in [0.3, 0.4) is 0 Å². The Hall–Kier alpha value is -4.48. The minimum absolute atomic E-state index is 0.00323. The third kappa shape index (κ3) is 3.66. The van der Waals surface area contributed by atoms with E-state index in [1.165, 1.54) is 0 Å². The Bertz CT molecular complexity index is 1730. The van der Waals surface area contributed by atoms with Crippen molar-refractivity contribution >= 4 is 37.5 Å². The number of hydrogen-bond donors (Lipinski definition) is 4. The number of rotatable bonds is 4. The minimum atomic E-state index is -1.26. The Labute approximate surface area is 227 Å². The van der Waals surface area contributed by atoms with Crippen LogP contribution in [0.4, 0.5) is 0 Å². The van der Waals surface area contributed by atoms with Crippen LogP contribution < -0.4 is 0 Å². The van der Waals surface area contributed by atoms with Gasteiger partial charge in [-0.05, 0) is 81.2 Å². The van der Waals surface area contributed by atoms with E-state index < -0.39 is 5.41 Å². The smallest absolute Gasteiger partial charge is 0.121 e. The molecule has 4 nitrogen and oxygen atoms in total. The van der Waals surface area contributed by atoms with Gasteiger partial charge in [0.05, 0.1) is 5.41 Å². The van der Waals surface area contributed by atoms with Crippen LogP contribution in [0.25, 0.3) is 21.5 Å². The molecule has 0 radical (unpaired) electrons. The van der Waals surface area contributed by atoms with Crippen molar-refractivity contribution in [3.8, 4) is 23.0 Å². The Kier molecular flexibility index (Phi) is 5.73. The number of hydrogen-bond acceptors (Lipinski definition) is 4. The molecule has 0 aromatic heterocycles. The fourth-order valence-corrected chi connectivity index (χ4v) is 6.06. The Morgan fingerprint density at radius 2 is 0.974 bits per heavy atom. The van der Waals surface area contributed by atoms with E-state index in [2.05, 4.69) is 15.9 Å². The fourth-order valence-electron chi connectivity index (χ4n) is 5.66. The summed E-state index contributed by atoms with van der Waals surface area (Å²) in [6.07, 6.45) is 0. The number of phenols is 4. The lowest BCUT2D eigenvalue weighted by atomic mass is 9.62. The van der Waals surface area contributed by atoms with Crippen LogP contribution in [-0.4, -0.2) is 20.4 Å². The van der Waals surface area contributed by atoms with Crippen molar-refractivity contribution in [2.75, 3.05) is 0 Å². The quantitative estimate of drug-likeness (QED) is 0.164. The topological polar surface area (TPSA) is 80.9 Å². The molecule has 0 amide bonds. The summed E-state index contributed by atoms with van der Waals surface area (Å²) >= 11 is 3.63. The number of benzene rings is 6. The second-order valence-corrected chi connectivity index (χ2v) is 10.3. The standard InChI is InChI=1S/C33H23BrO4/c34-24-8-4-7-23(17-24)33(22-5-2-1-3-6-22,31-27-18-25(35)13-9-20(27)11-15-29(31)37)32-28-19-26(36)14-10-21(28)12-16-30(32)38/h1-19,35-38H. The molecule has 4 N–H and O–H groups in total. The molecule has 5 heteroatoms. The summed E-state index contributed by atoms with van der Waals surface area (Å²) in [5.41, 5.74) is 1.30. The first kappa shape index (κ1) is 23.9. The summed E-state index contributed by atoms with van der Waals surface area (Å²) in [6.45, 7) is 0. The molecule has 0 aliphatic heterocycles. The Morgan fingerprint density at radius 3 is 1.50 bits per heavy atom. The second kappa shape index (κ2) is 9.12. The zero-order valence-corrected chi connectivity index (χ0v) is 21.7. The number of fused-ring (bicyclic) bond motifs is 2. The first-order valence-corrected chi connectivity index (χ1v) is 12.9. The number of phenolic OH excluding ortho intramolecular Hbond substituents is 4. The van der Waals surface area contributed by atoms with Gasteiger partial charge in [0.1, 0.15) is 23.0 Å². The van der Waals surface area contributed by atoms with E-state index in [0.29, 0.717) is 21.9 Å². The normalized spacial score (nSPS) is 11.7. The zero-order valence-electron chi connectivity index (χ0n) is 20.1. The molecule has 6 rings (SSSR count). The van der Waals surface area contributed by atoms with Gasteiger partial charge in [-0.2, -0.15) is 0 Å². The first-order valence-electron chi connectivity index (χ1n) is 12.1. The molecular formula is C33H23BrO4. The minimum Gasteiger partial charge on any atom is -0.508 e. The van der Waals surface area contributed by atoms with Crippen molar-refractivity contribution < 1.29 is 20.4 Å². The molecule has 0 saturated heterocycles. The van der Waals surface area contributed by atoms with Crippen LogP contribution in [0.2, 0.25) is 0 Å². The predicted molar refractivity (Wildman–Crippen MR) is 154 cm³/mol. The zero-order chi connectivity index (χ0) is 26.4. The van der Waals surface area contributed by atoms with Crippen LogP contribution in [0.5, 0.6) is 23.0 Å². The summed E-state index contributed by atoms with van der Waals surface area (Å²) in [5, 5.41) is 47.4. The van der Waals surface area contributed by atoms with Crippen molar-refractivity contribution in [2.45, 2.75) is 5.41 Å². The Morgan fingerprint density at radius 1 is 0.474 bits per heavy atom. The summed E-state index contributed by atoms with van der Waals surface area (Å²) in [6, 6.07) is 34.4. The van der Waals surface area contributed by atoms with Crippen molar-refractivity contribution in [3.05, 3.63) is 142 Å². The highest BCUT2D eigenvalue weighted by atomic mass is 79.9. The van der Waals surface area contributed by atoms with E-state index in [0.717, 1.165) is 26.4 Å². The maximum Gasteiger partial charge on any atom is 0.121 e. The molecule has 0 heterocycles. The van der Waals surface area contributed by atoms with E-state index in [4.69, 9.17) is 0 Å². The van der Waals surface area contributed by atoms with E-state index in [-0.39, 0.29) is 23.0 Å². The van der Waals surface area contributed by atoms with Crippen molar-refractivity contribution in [1.29, 1.82) is 0 Å². The largest absolute Gasteiger partial charge is 0.508 e. The molecule has 0 aliphatic carbocycles. The average molecular weight is 563 g/mol. The molecule has 0 saturated carbocycles. The van der Waals surface area contributed by atoms with Crippen LogP contribution in [-0.2, 0) is 5.41 Å². The number of aromatic hydroxyl groups is 4. The van der Waals surface area contributed by atoms with Crippen LogP contribution in [0.15, 0.2) is 120 Å². The second-order valence-electron chi connectivity index (χ2n) is 9.36. The summed E-state index contributed by atoms with van der Waals surface area (Å²) in [4.78, 5) is 0. The monoisotopic (exact) mass is 562 g/mol. The highest BCUT2D eigenvalue weighted by Gasteiger charge is 2.44. The van der Waals surface area contributed by atoms with E-state index in [9.17, 15) is 20.4 Å². The molecular weight excluding hydrogens is 540 g/mol. The molecule has 0 atom stereocenters. The van der Waals surface area contributed by atoms with Crippen molar-refractivity contribution in [1.82, 2.24) is 0 Å². The molecule has 0 unspecified atom stereocenters. The van der Waals surface area contributed by atoms with E-state index in [1.54, 1.807) is 60.7 Å². The molecule has 0 aliphatic rings.